The van der Waals surface area contributed by atoms with Gasteiger partial charge in [-0.1, -0.05) is 0 Å². The number of aromatic nitrogens is 2. The largest absolute Gasteiger partial charge is 0.466 e. The number of nitrogens with zero attached hydrogens (tertiary/aromatic N) is 1. The Morgan fingerprint density at radius 1 is 1.75 bits per heavy atom. The Morgan fingerprint density at radius 3 is 3.00 bits per heavy atom. The molecule has 0 aliphatic carbocycles. The van der Waals surface area contributed by atoms with Crippen molar-refractivity contribution in [2.45, 2.75) is 6.92 Å². The topological polar surface area (TPSA) is 55.0 Å². The highest BCUT2D eigenvalue weighted by Gasteiger charge is 1.96. The van der Waals surface area contributed by atoms with Gasteiger partial charge < -0.3 is 4.74 Å². The first-order chi connectivity index (χ1) is 5.74. The number of methoxy groups -OCH3 is 1. The van der Waals surface area contributed by atoms with Crippen LogP contribution in [-0.2, 0) is 9.53 Å². The zero-order valence-electron chi connectivity index (χ0n) is 7.00. The molecule has 0 atom stereocenters. The average Bonchev–Trinajstić information content (AvgIpc) is 2.47. The van der Waals surface area contributed by atoms with Gasteiger partial charge in [0.25, 0.3) is 0 Å². The number of ether oxygens (including phenoxy) is 1. The second-order valence-corrected chi connectivity index (χ2v) is 2.31. The Kier molecular flexibility index (Phi) is 2.63. The molecule has 12 heavy (non-hydrogen) atoms. The monoisotopic (exact) mass is 166 g/mol. The van der Waals surface area contributed by atoms with Gasteiger partial charge in [-0.2, -0.15) is 5.10 Å². The quantitative estimate of drug-likeness (QED) is 0.524. The minimum Gasteiger partial charge on any atom is -0.466 e. The summed E-state index contributed by atoms with van der Waals surface area (Å²) in [6.45, 7) is 1.88. The Labute approximate surface area is 70.2 Å². The van der Waals surface area contributed by atoms with Gasteiger partial charge in [-0.25, -0.2) is 4.79 Å². The SMILES string of the molecule is COC(=O)/C=C/c1cn[nH]c1C. The molecule has 1 rings (SSSR count). The molecular formula is C8H10N2O2. The zero-order valence-corrected chi connectivity index (χ0v) is 7.00. The number of rotatable bonds is 2. The van der Waals surface area contributed by atoms with Gasteiger partial charge in [0, 0.05) is 17.3 Å². The van der Waals surface area contributed by atoms with Crippen LogP contribution in [-0.4, -0.2) is 23.3 Å². The van der Waals surface area contributed by atoms with Gasteiger partial charge in [0.15, 0.2) is 0 Å². The first-order valence-electron chi connectivity index (χ1n) is 3.50. The van der Waals surface area contributed by atoms with E-state index < -0.39 is 0 Å². The second-order valence-electron chi connectivity index (χ2n) is 2.31. The fraction of sp³-hybridized carbons (Fsp3) is 0.250. The lowest BCUT2D eigenvalue weighted by Crippen LogP contribution is -1.93. The van der Waals surface area contributed by atoms with E-state index in [9.17, 15) is 4.79 Å². The van der Waals surface area contributed by atoms with Gasteiger partial charge in [0.1, 0.15) is 0 Å². The average molecular weight is 166 g/mol. The van der Waals surface area contributed by atoms with E-state index in [-0.39, 0.29) is 5.97 Å². The van der Waals surface area contributed by atoms with Crippen LogP contribution in [0.3, 0.4) is 0 Å². The van der Waals surface area contributed by atoms with E-state index in [0.29, 0.717) is 0 Å². The van der Waals surface area contributed by atoms with Crippen molar-refractivity contribution >= 4 is 12.0 Å². The van der Waals surface area contributed by atoms with E-state index in [4.69, 9.17) is 0 Å². The first-order valence-corrected chi connectivity index (χ1v) is 3.50. The van der Waals surface area contributed by atoms with Crippen LogP contribution in [0.15, 0.2) is 12.3 Å². The summed E-state index contributed by atoms with van der Waals surface area (Å²) in [5.41, 5.74) is 1.82. The summed E-state index contributed by atoms with van der Waals surface area (Å²) < 4.78 is 4.43. The maximum absolute atomic E-state index is 10.7. The number of esters is 1. The maximum atomic E-state index is 10.7. The Morgan fingerprint density at radius 2 is 2.50 bits per heavy atom. The zero-order chi connectivity index (χ0) is 8.97. The van der Waals surface area contributed by atoms with Crippen molar-refractivity contribution in [3.05, 3.63) is 23.5 Å². The summed E-state index contributed by atoms with van der Waals surface area (Å²) >= 11 is 0. The summed E-state index contributed by atoms with van der Waals surface area (Å²) in [6.07, 6.45) is 4.66. The number of nitrogens with one attached hydrogen (secondary N) is 1. The van der Waals surface area contributed by atoms with E-state index in [0.717, 1.165) is 11.3 Å². The smallest absolute Gasteiger partial charge is 0.330 e. The van der Waals surface area contributed by atoms with Crippen LogP contribution in [0.4, 0.5) is 0 Å². The number of hydrogen-bond acceptors (Lipinski definition) is 3. The summed E-state index contributed by atoms with van der Waals surface area (Å²) in [6, 6.07) is 0. The molecule has 0 radical (unpaired) electrons. The number of carbonyl (C=O) groups excluding carboxylic acids is 1. The Balaban J connectivity index is 2.69. The molecule has 0 aliphatic heterocycles. The molecule has 4 heteroatoms. The van der Waals surface area contributed by atoms with Gasteiger partial charge in [-0.15, -0.1) is 0 Å². The fourth-order valence-corrected chi connectivity index (χ4v) is 0.754. The predicted octanol–water partition coefficient (Wildman–Crippen LogP) is 0.904. The molecule has 1 aromatic heterocycles. The van der Waals surface area contributed by atoms with Crippen molar-refractivity contribution in [1.82, 2.24) is 10.2 Å². The predicted molar refractivity (Wildman–Crippen MR) is 44.4 cm³/mol. The second kappa shape index (κ2) is 3.71. The van der Waals surface area contributed by atoms with E-state index in [1.165, 1.54) is 13.2 Å². The van der Waals surface area contributed by atoms with E-state index in [1.54, 1.807) is 12.3 Å². The number of hydrogen-bond donors (Lipinski definition) is 1. The standard InChI is InChI=1S/C8H10N2O2/c1-6-7(5-9-10-6)3-4-8(11)12-2/h3-5H,1-2H3,(H,9,10)/b4-3+. The van der Waals surface area contributed by atoms with Crippen LogP contribution in [0.2, 0.25) is 0 Å². The van der Waals surface area contributed by atoms with Gasteiger partial charge >= 0.3 is 5.97 Å². The highest BCUT2D eigenvalue weighted by Crippen LogP contribution is 2.04. The molecule has 64 valence electrons. The maximum Gasteiger partial charge on any atom is 0.330 e. The van der Waals surface area contributed by atoms with Gasteiger partial charge in [0.2, 0.25) is 0 Å². The van der Waals surface area contributed by atoms with Crippen molar-refractivity contribution < 1.29 is 9.53 Å². The summed E-state index contributed by atoms with van der Waals surface area (Å²) in [4.78, 5) is 10.7. The highest BCUT2D eigenvalue weighted by atomic mass is 16.5. The Bertz CT molecular complexity index is 302. The van der Waals surface area contributed by atoms with Crippen LogP contribution in [0, 0.1) is 6.92 Å². The molecule has 4 nitrogen and oxygen atoms in total. The number of H-pyrrole nitrogens is 1. The normalized spacial score (nSPS) is 10.5. The minimum absolute atomic E-state index is 0.365. The van der Waals surface area contributed by atoms with Crippen molar-refractivity contribution in [2.75, 3.05) is 7.11 Å². The van der Waals surface area contributed by atoms with Gasteiger partial charge in [-0.05, 0) is 13.0 Å². The molecule has 0 unspecified atom stereocenters. The van der Waals surface area contributed by atoms with Gasteiger partial charge in [0.05, 0.1) is 13.3 Å². The molecule has 1 heterocycles. The van der Waals surface area contributed by atoms with Crippen LogP contribution >= 0.6 is 0 Å². The third-order valence-electron chi connectivity index (χ3n) is 1.47. The summed E-state index contributed by atoms with van der Waals surface area (Å²) in [7, 11) is 1.34. The lowest BCUT2D eigenvalue weighted by atomic mass is 10.2. The summed E-state index contributed by atoms with van der Waals surface area (Å²) in [5, 5.41) is 6.55. The molecule has 0 amide bonds. The van der Waals surface area contributed by atoms with Crippen molar-refractivity contribution in [3.8, 4) is 0 Å². The Hall–Kier alpha value is -1.58. The molecule has 0 saturated heterocycles. The molecule has 0 fully saturated rings. The van der Waals surface area contributed by atoms with Crippen molar-refractivity contribution in [3.63, 3.8) is 0 Å². The van der Waals surface area contributed by atoms with Crippen LogP contribution in [0.1, 0.15) is 11.3 Å². The fourth-order valence-electron chi connectivity index (χ4n) is 0.754. The molecule has 0 spiro atoms. The lowest BCUT2D eigenvalue weighted by molar-refractivity contribution is -0.134. The van der Waals surface area contributed by atoms with E-state index >= 15 is 0 Å². The lowest BCUT2D eigenvalue weighted by Gasteiger charge is -1.89. The summed E-state index contributed by atoms with van der Waals surface area (Å²) in [5.74, 6) is -0.365. The molecule has 1 aromatic rings. The number of aryl methyl sites for hydroxylation is 1. The molecule has 0 bridgehead atoms. The van der Waals surface area contributed by atoms with Crippen LogP contribution in [0.25, 0.3) is 6.08 Å². The molecular weight excluding hydrogens is 156 g/mol. The first kappa shape index (κ1) is 8.52. The van der Waals surface area contributed by atoms with E-state index in [1.807, 2.05) is 6.92 Å². The molecule has 0 saturated carbocycles. The number of carbonyl (C=O) groups is 1. The highest BCUT2D eigenvalue weighted by molar-refractivity contribution is 5.86. The minimum atomic E-state index is -0.365. The van der Waals surface area contributed by atoms with Crippen molar-refractivity contribution in [1.29, 1.82) is 0 Å². The number of aromatic amines is 1. The van der Waals surface area contributed by atoms with Crippen molar-refractivity contribution in [2.24, 2.45) is 0 Å². The third kappa shape index (κ3) is 1.95. The van der Waals surface area contributed by atoms with Gasteiger partial charge in [-0.3, -0.25) is 5.10 Å². The third-order valence-corrected chi connectivity index (χ3v) is 1.47. The molecule has 0 aromatic carbocycles. The van der Waals surface area contributed by atoms with E-state index in [2.05, 4.69) is 14.9 Å². The van der Waals surface area contributed by atoms with Crippen LogP contribution < -0.4 is 0 Å². The molecule has 1 N–H and O–H groups in total. The van der Waals surface area contributed by atoms with Crippen LogP contribution in [0.5, 0.6) is 0 Å². The molecule has 0 aliphatic rings.